The van der Waals surface area contributed by atoms with E-state index in [9.17, 15) is 9.90 Å². The molecule has 0 bridgehead atoms. The molecule has 4 rings (SSSR count). The maximum absolute atomic E-state index is 13.2. The van der Waals surface area contributed by atoms with Gasteiger partial charge < -0.3 is 14.6 Å². The Morgan fingerprint density at radius 3 is 2.14 bits per heavy atom. The molecule has 4 aromatic carbocycles. The smallest absolute Gasteiger partial charge is 0.281 e. The Balaban J connectivity index is 1.52. The molecule has 0 heterocycles. The summed E-state index contributed by atoms with van der Waals surface area (Å²) in [7, 11) is 1.54. The number of hydrogen-bond donors (Lipinski definition) is 2. The van der Waals surface area contributed by atoms with Crippen molar-refractivity contribution in [3.8, 4) is 11.5 Å². The van der Waals surface area contributed by atoms with Gasteiger partial charge in [0.1, 0.15) is 6.61 Å². The van der Waals surface area contributed by atoms with Gasteiger partial charge in [0.05, 0.1) is 13.3 Å². The van der Waals surface area contributed by atoms with Crippen LogP contribution in [-0.4, -0.2) is 24.3 Å². The average Bonchev–Trinajstić information content (AvgIpc) is 2.94. The van der Waals surface area contributed by atoms with Crippen LogP contribution in [0.25, 0.3) is 0 Å². The van der Waals surface area contributed by atoms with Gasteiger partial charge in [0.15, 0.2) is 17.1 Å². The predicted octanol–water partition coefficient (Wildman–Crippen LogP) is 6.08. The van der Waals surface area contributed by atoms with Gasteiger partial charge in [0, 0.05) is 15.1 Å². The van der Waals surface area contributed by atoms with Gasteiger partial charge in [-0.05, 0) is 56.9 Å². The minimum atomic E-state index is -1.92. The van der Waals surface area contributed by atoms with Gasteiger partial charge in [-0.25, -0.2) is 5.43 Å². The molecule has 0 fully saturated rings. The van der Waals surface area contributed by atoms with Crippen molar-refractivity contribution < 1.29 is 19.4 Å². The van der Waals surface area contributed by atoms with Gasteiger partial charge >= 0.3 is 0 Å². The van der Waals surface area contributed by atoms with Gasteiger partial charge in [-0.3, -0.25) is 4.79 Å². The molecule has 0 saturated carbocycles. The van der Waals surface area contributed by atoms with Crippen molar-refractivity contribution >= 4 is 39.7 Å². The number of methoxy groups -OCH3 is 1. The fraction of sp³-hybridized carbons (Fsp3) is 0.103. The van der Waals surface area contributed by atoms with Crippen LogP contribution in [0.3, 0.4) is 0 Å². The average molecular weight is 580 g/mol. The maximum atomic E-state index is 13.2. The number of amides is 1. The number of halogens is 2. The summed E-state index contributed by atoms with van der Waals surface area (Å²) < 4.78 is 12.1. The third-order valence-corrected chi connectivity index (χ3v) is 6.61. The molecule has 2 N–H and O–H groups in total. The number of hydrogen-bond acceptors (Lipinski definition) is 5. The molecule has 4 aromatic rings. The molecular formula is C29H24BrClN2O4. The van der Waals surface area contributed by atoms with Crippen LogP contribution in [-0.2, 0) is 17.0 Å². The quantitative estimate of drug-likeness (QED) is 0.186. The van der Waals surface area contributed by atoms with Crippen molar-refractivity contribution in [2.45, 2.75) is 12.2 Å². The van der Waals surface area contributed by atoms with Gasteiger partial charge in [0.25, 0.3) is 5.91 Å². The van der Waals surface area contributed by atoms with E-state index >= 15 is 0 Å². The lowest BCUT2D eigenvalue weighted by molar-refractivity contribution is -0.136. The first-order chi connectivity index (χ1) is 17.9. The van der Waals surface area contributed by atoms with Crippen molar-refractivity contribution in [2.75, 3.05) is 7.11 Å². The van der Waals surface area contributed by atoms with Crippen molar-refractivity contribution in [2.24, 2.45) is 5.10 Å². The topological polar surface area (TPSA) is 80.2 Å². The van der Waals surface area contributed by atoms with E-state index in [4.69, 9.17) is 21.1 Å². The Hall–Kier alpha value is -3.65. The van der Waals surface area contributed by atoms with E-state index in [1.165, 1.54) is 6.21 Å². The number of hydrazone groups is 1. The molecule has 0 aliphatic heterocycles. The maximum Gasteiger partial charge on any atom is 0.281 e. The highest BCUT2D eigenvalue weighted by Crippen LogP contribution is 2.34. The van der Waals surface area contributed by atoms with E-state index < -0.39 is 11.5 Å². The van der Waals surface area contributed by atoms with Crippen molar-refractivity contribution in [3.63, 3.8) is 0 Å². The van der Waals surface area contributed by atoms with E-state index in [0.29, 0.717) is 44.3 Å². The Morgan fingerprint density at radius 2 is 1.57 bits per heavy atom. The molecule has 1 amide bonds. The third-order valence-electron chi connectivity index (χ3n) is 5.67. The number of carbonyl (C=O) groups is 1. The van der Waals surface area contributed by atoms with Crippen LogP contribution in [0.1, 0.15) is 22.3 Å². The molecule has 0 aliphatic carbocycles. The SMILES string of the molecule is COc1cc(C=NNC(=O)C(O)(c2ccccc2)c2ccccc2)c(Br)cc1OCc1ccc(Cl)cc1. The molecular weight excluding hydrogens is 556 g/mol. The zero-order chi connectivity index (χ0) is 26.3. The number of benzene rings is 4. The molecule has 8 heteroatoms. The lowest BCUT2D eigenvalue weighted by Crippen LogP contribution is -2.43. The number of nitrogens with one attached hydrogen (secondary N) is 1. The molecule has 0 spiro atoms. The molecule has 0 saturated heterocycles. The minimum absolute atomic E-state index is 0.334. The Labute approximate surface area is 228 Å². The van der Waals surface area contributed by atoms with Gasteiger partial charge in [-0.15, -0.1) is 0 Å². The highest BCUT2D eigenvalue weighted by atomic mass is 79.9. The second-order valence-electron chi connectivity index (χ2n) is 8.08. The second-order valence-corrected chi connectivity index (χ2v) is 9.37. The highest BCUT2D eigenvalue weighted by molar-refractivity contribution is 9.10. The fourth-order valence-corrected chi connectivity index (χ4v) is 4.24. The number of rotatable bonds is 9. The largest absolute Gasteiger partial charge is 0.493 e. The van der Waals surface area contributed by atoms with E-state index in [1.807, 2.05) is 24.3 Å². The summed E-state index contributed by atoms with van der Waals surface area (Å²) in [6, 6.07) is 28.4. The number of nitrogens with zero attached hydrogens (tertiary/aromatic N) is 1. The molecule has 188 valence electrons. The first kappa shape index (κ1) is 26.4. The van der Waals surface area contributed by atoms with Crippen LogP contribution >= 0.6 is 27.5 Å². The lowest BCUT2D eigenvalue weighted by Gasteiger charge is -2.27. The van der Waals surface area contributed by atoms with Crippen LogP contribution < -0.4 is 14.9 Å². The standard InChI is InChI=1S/C29H24BrClN2O4/c1-36-26-16-21(25(30)17-27(26)37-19-20-12-14-24(31)15-13-20)18-32-33-28(34)29(35,22-8-4-2-5-9-22)23-10-6-3-7-11-23/h2-18,35H,19H2,1H3,(H,33,34). The number of ether oxygens (including phenoxy) is 2. The summed E-state index contributed by atoms with van der Waals surface area (Å²) in [6.07, 6.45) is 1.46. The first-order valence-corrected chi connectivity index (χ1v) is 12.5. The summed E-state index contributed by atoms with van der Waals surface area (Å²) in [4.78, 5) is 13.2. The fourth-order valence-electron chi connectivity index (χ4n) is 3.69. The summed E-state index contributed by atoms with van der Waals surface area (Å²) in [5.41, 5.74) is 3.01. The van der Waals surface area contributed by atoms with Crippen LogP contribution in [0.4, 0.5) is 0 Å². The molecule has 6 nitrogen and oxygen atoms in total. The van der Waals surface area contributed by atoms with E-state index in [2.05, 4.69) is 26.5 Å². The van der Waals surface area contributed by atoms with Crippen LogP contribution in [0.15, 0.2) is 107 Å². The normalized spacial score (nSPS) is 11.4. The van der Waals surface area contributed by atoms with Crippen LogP contribution in [0.5, 0.6) is 11.5 Å². The van der Waals surface area contributed by atoms with E-state index in [0.717, 1.165) is 5.56 Å². The molecule has 0 atom stereocenters. The number of carbonyl (C=O) groups excluding carboxylic acids is 1. The molecule has 0 radical (unpaired) electrons. The van der Waals surface area contributed by atoms with Crippen LogP contribution in [0, 0.1) is 0 Å². The van der Waals surface area contributed by atoms with Gasteiger partial charge in [-0.1, -0.05) is 84.4 Å². The van der Waals surface area contributed by atoms with Gasteiger partial charge in [0.2, 0.25) is 0 Å². The van der Waals surface area contributed by atoms with Crippen LogP contribution in [0.2, 0.25) is 5.02 Å². The monoisotopic (exact) mass is 578 g/mol. The zero-order valence-electron chi connectivity index (χ0n) is 19.9. The van der Waals surface area contributed by atoms with Crippen molar-refractivity contribution in [1.29, 1.82) is 0 Å². The Morgan fingerprint density at radius 1 is 0.973 bits per heavy atom. The third kappa shape index (κ3) is 6.20. The van der Waals surface area contributed by atoms with E-state index in [1.54, 1.807) is 79.9 Å². The lowest BCUT2D eigenvalue weighted by atomic mass is 9.85. The predicted molar refractivity (Wildman–Crippen MR) is 148 cm³/mol. The minimum Gasteiger partial charge on any atom is -0.493 e. The second kappa shape index (κ2) is 12.1. The summed E-state index contributed by atoms with van der Waals surface area (Å²) in [5.74, 6) is 0.343. The zero-order valence-corrected chi connectivity index (χ0v) is 22.2. The number of aliphatic hydroxyl groups is 1. The first-order valence-electron chi connectivity index (χ1n) is 11.3. The van der Waals surface area contributed by atoms with Crippen molar-refractivity contribution in [1.82, 2.24) is 5.43 Å². The summed E-state index contributed by atoms with van der Waals surface area (Å²) in [6.45, 7) is 0.334. The highest BCUT2D eigenvalue weighted by Gasteiger charge is 2.39. The molecule has 0 aromatic heterocycles. The van der Waals surface area contributed by atoms with Crippen molar-refractivity contribution in [3.05, 3.63) is 129 Å². The summed E-state index contributed by atoms with van der Waals surface area (Å²) >= 11 is 9.46. The molecule has 0 unspecified atom stereocenters. The van der Waals surface area contributed by atoms with E-state index in [-0.39, 0.29) is 0 Å². The van der Waals surface area contributed by atoms with Gasteiger partial charge in [-0.2, -0.15) is 5.10 Å². The molecule has 37 heavy (non-hydrogen) atoms. The molecule has 0 aliphatic rings. The summed E-state index contributed by atoms with van der Waals surface area (Å²) in [5, 5.41) is 16.3. The Bertz CT molecular complexity index is 1340. The Kier molecular flexibility index (Phi) is 8.61.